The fraction of sp³-hybridized carbons (Fsp3) is 0.526. The largest absolute Gasteiger partial charge is 0.358 e. The maximum atomic E-state index is 12.9. The van der Waals surface area contributed by atoms with Crippen LogP contribution in [0.15, 0.2) is 18.2 Å². The first-order valence-electron chi connectivity index (χ1n) is 8.96. The molecular formula is C19H26N3O+. The van der Waals surface area contributed by atoms with Crippen molar-refractivity contribution >= 4 is 16.8 Å². The van der Waals surface area contributed by atoms with Crippen LogP contribution in [-0.2, 0) is 12.8 Å². The van der Waals surface area contributed by atoms with Gasteiger partial charge in [0.15, 0.2) is 0 Å². The maximum absolute atomic E-state index is 12.9. The van der Waals surface area contributed by atoms with Crippen LogP contribution < -0.4 is 4.90 Å². The molecule has 4 nitrogen and oxygen atoms in total. The average Bonchev–Trinajstić information content (AvgIpc) is 2.80. The summed E-state index contributed by atoms with van der Waals surface area (Å²) in [5.41, 5.74) is 4.87. The SMILES string of the molecule is C[NH+]1CCCN(C(=O)c2ccc3[nH]c4c(c3c2)CCCC4)CC1. The Morgan fingerprint density at radius 2 is 2.00 bits per heavy atom. The maximum Gasteiger partial charge on any atom is 0.254 e. The number of hydrogen-bond donors (Lipinski definition) is 2. The summed E-state index contributed by atoms with van der Waals surface area (Å²) in [6.07, 6.45) is 5.92. The van der Waals surface area contributed by atoms with Crippen molar-refractivity contribution in [3.63, 3.8) is 0 Å². The third-order valence-corrected chi connectivity index (χ3v) is 5.47. The van der Waals surface area contributed by atoms with Crippen molar-refractivity contribution in [2.24, 2.45) is 0 Å². The Kier molecular flexibility index (Phi) is 3.85. The van der Waals surface area contributed by atoms with Gasteiger partial charge in [-0.05, 0) is 49.4 Å². The van der Waals surface area contributed by atoms with Crippen molar-refractivity contribution < 1.29 is 9.69 Å². The van der Waals surface area contributed by atoms with Crippen molar-refractivity contribution in [1.29, 1.82) is 0 Å². The Balaban J connectivity index is 1.64. The van der Waals surface area contributed by atoms with E-state index in [4.69, 9.17) is 0 Å². The molecule has 23 heavy (non-hydrogen) atoms. The number of quaternary nitrogens is 1. The number of nitrogens with one attached hydrogen (secondary N) is 2. The quantitative estimate of drug-likeness (QED) is 0.821. The number of fused-ring (bicyclic) bond motifs is 3. The normalized spacial score (nSPS) is 22.0. The van der Waals surface area contributed by atoms with E-state index in [9.17, 15) is 4.79 Å². The molecule has 4 rings (SSSR count). The Bertz CT molecular complexity index is 734. The molecule has 1 amide bonds. The zero-order valence-electron chi connectivity index (χ0n) is 14.0. The lowest BCUT2D eigenvalue weighted by Gasteiger charge is -2.19. The molecule has 0 saturated carbocycles. The number of likely N-dealkylation sites (N-methyl/N-ethyl adjacent to an activating group) is 1. The highest BCUT2D eigenvalue weighted by atomic mass is 16.2. The van der Waals surface area contributed by atoms with E-state index < -0.39 is 0 Å². The molecule has 1 atom stereocenters. The predicted octanol–water partition coefficient (Wildman–Crippen LogP) is 1.41. The molecule has 1 fully saturated rings. The molecule has 2 aromatic rings. The monoisotopic (exact) mass is 312 g/mol. The first kappa shape index (κ1) is 14.8. The number of rotatable bonds is 1. The number of carbonyl (C=O) groups is 1. The van der Waals surface area contributed by atoms with Crippen LogP contribution in [0.5, 0.6) is 0 Å². The number of carbonyl (C=O) groups excluding carboxylic acids is 1. The second-order valence-corrected chi connectivity index (χ2v) is 7.15. The topological polar surface area (TPSA) is 40.5 Å². The Labute approximate surface area is 137 Å². The third-order valence-electron chi connectivity index (χ3n) is 5.47. The van der Waals surface area contributed by atoms with Crippen molar-refractivity contribution in [1.82, 2.24) is 9.88 Å². The molecule has 122 valence electrons. The Morgan fingerprint density at radius 3 is 2.91 bits per heavy atom. The summed E-state index contributed by atoms with van der Waals surface area (Å²) in [7, 11) is 2.21. The minimum Gasteiger partial charge on any atom is -0.358 e. The molecule has 1 saturated heterocycles. The van der Waals surface area contributed by atoms with Gasteiger partial charge >= 0.3 is 0 Å². The number of H-pyrrole nitrogens is 1. The molecule has 1 aliphatic heterocycles. The van der Waals surface area contributed by atoms with Crippen LogP contribution >= 0.6 is 0 Å². The molecular weight excluding hydrogens is 286 g/mol. The fourth-order valence-corrected chi connectivity index (χ4v) is 4.06. The standard InChI is InChI=1S/C19H25N3O/c1-21-9-4-10-22(12-11-21)19(23)14-7-8-18-16(13-14)15-5-2-3-6-17(15)20-18/h7-8,13,20H,2-6,9-12H2,1H3/p+1. The van der Waals surface area contributed by atoms with Gasteiger partial charge in [-0.1, -0.05) is 0 Å². The number of aromatic nitrogens is 1. The minimum absolute atomic E-state index is 0.201. The van der Waals surface area contributed by atoms with Crippen LogP contribution in [0.25, 0.3) is 10.9 Å². The summed E-state index contributed by atoms with van der Waals surface area (Å²) >= 11 is 0. The van der Waals surface area contributed by atoms with Gasteiger partial charge in [-0.25, -0.2) is 0 Å². The lowest BCUT2D eigenvalue weighted by atomic mass is 9.95. The summed E-state index contributed by atoms with van der Waals surface area (Å²) in [6.45, 7) is 3.97. The highest BCUT2D eigenvalue weighted by Crippen LogP contribution is 2.30. The van der Waals surface area contributed by atoms with Gasteiger partial charge in [0.2, 0.25) is 0 Å². The summed E-state index contributed by atoms with van der Waals surface area (Å²) in [4.78, 5) is 20.0. The second-order valence-electron chi connectivity index (χ2n) is 7.15. The second kappa shape index (κ2) is 6.00. The minimum atomic E-state index is 0.201. The third kappa shape index (κ3) is 2.76. The molecule has 1 unspecified atom stereocenters. The first-order chi connectivity index (χ1) is 11.2. The molecule has 1 aliphatic carbocycles. The van der Waals surface area contributed by atoms with E-state index >= 15 is 0 Å². The van der Waals surface area contributed by atoms with Gasteiger partial charge in [0, 0.05) is 35.1 Å². The molecule has 4 heteroatoms. The number of hydrogen-bond acceptors (Lipinski definition) is 1. The van der Waals surface area contributed by atoms with Crippen LogP contribution in [0.2, 0.25) is 0 Å². The highest BCUT2D eigenvalue weighted by molar-refractivity contribution is 5.99. The first-order valence-corrected chi connectivity index (χ1v) is 8.96. The molecule has 0 spiro atoms. The highest BCUT2D eigenvalue weighted by Gasteiger charge is 2.22. The van der Waals surface area contributed by atoms with Crippen molar-refractivity contribution in [3.8, 4) is 0 Å². The lowest BCUT2D eigenvalue weighted by molar-refractivity contribution is -0.877. The molecule has 1 aromatic carbocycles. The van der Waals surface area contributed by atoms with E-state index in [1.165, 1.54) is 39.9 Å². The zero-order chi connectivity index (χ0) is 15.8. The molecule has 2 heterocycles. The van der Waals surface area contributed by atoms with Crippen molar-refractivity contribution in [2.45, 2.75) is 32.1 Å². The molecule has 2 N–H and O–H groups in total. The van der Waals surface area contributed by atoms with Crippen LogP contribution in [-0.4, -0.2) is 49.0 Å². The number of aryl methyl sites for hydroxylation is 2. The predicted molar refractivity (Wildman–Crippen MR) is 92.1 cm³/mol. The number of amides is 1. The Hall–Kier alpha value is -1.81. The number of benzene rings is 1. The number of aromatic amines is 1. The molecule has 2 aliphatic rings. The van der Waals surface area contributed by atoms with Crippen LogP contribution in [0.4, 0.5) is 0 Å². The van der Waals surface area contributed by atoms with Crippen molar-refractivity contribution in [3.05, 3.63) is 35.0 Å². The molecule has 1 aromatic heterocycles. The fourth-order valence-electron chi connectivity index (χ4n) is 4.06. The van der Waals surface area contributed by atoms with Gasteiger partial charge in [0.1, 0.15) is 0 Å². The van der Waals surface area contributed by atoms with Gasteiger partial charge in [0.25, 0.3) is 5.91 Å². The Morgan fingerprint density at radius 1 is 1.13 bits per heavy atom. The summed E-state index contributed by atoms with van der Waals surface area (Å²) in [5.74, 6) is 0.201. The van der Waals surface area contributed by atoms with Gasteiger partial charge in [-0.3, -0.25) is 4.79 Å². The van der Waals surface area contributed by atoms with Crippen LogP contribution in [0.1, 0.15) is 40.9 Å². The summed E-state index contributed by atoms with van der Waals surface area (Å²) in [6, 6.07) is 6.21. The summed E-state index contributed by atoms with van der Waals surface area (Å²) < 4.78 is 0. The smallest absolute Gasteiger partial charge is 0.254 e. The zero-order valence-corrected chi connectivity index (χ0v) is 14.0. The summed E-state index contributed by atoms with van der Waals surface area (Å²) in [5, 5.41) is 1.27. The van der Waals surface area contributed by atoms with E-state index in [2.05, 4.69) is 24.2 Å². The van der Waals surface area contributed by atoms with Gasteiger partial charge in [-0.2, -0.15) is 0 Å². The number of nitrogens with zero attached hydrogens (tertiary/aromatic N) is 1. The average molecular weight is 312 g/mol. The lowest BCUT2D eigenvalue weighted by Crippen LogP contribution is -3.09. The van der Waals surface area contributed by atoms with Gasteiger partial charge < -0.3 is 14.8 Å². The molecule has 0 radical (unpaired) electrons. The van der Waals surface area contributed by atoms with E-state index in [0.717, 1.165) is 51.0 Å². The van der Waals surface area contributed by atoms with E-state index in [1.54, 1.807) is 0 Å². The van der Waals surface area contributed by atoms with E-state index in [-0.39, 0.29) is 5.91 Å². The van der Waals surface area contributed by atoms with Crippen LogP contribution in [0.3, 0.4) is 0 Å². The van der Waals surface area contributed by atoms with Crippen molar-refractivity contribution in [2.75, 3.05) is 33.2 Å². The van der Waals surface area contributed by atoms with Crippen LogP contribution in [0, 0.1) is 0 Å². The van der Waals surface area contributed by atoms with Gasteiger partial charge in [0.05, 0.1) is 26.7 Å². The molecule has 0 bridgehead atoms. The van der Waals surface area contributed by atoms with E-state index in [0.29, 0.717) is 0 Å². The van der Waals surface area contributed by atoms with E-state index in [1.807, 2.05) is 11.0 Å². The van der Waals surface area contributed by atoms with Gasteiger partial charge in [-0.15, -0.1) is 0 Å².